The first-order valence-corrected chi connectivity index (χ1v) is 16.8. The van der Waals surface area contributed by atoms with Crippen LogP contribution in [0.1, 0.15) is 0 Å². The van der Waals surface area contributed by atoms with E-state index in [1.165, 1.54) is 66.0 Å². The smallest absolute Gasteiger partial charge is 0.0495 e. The van der Waals surface area contributed by atoms with Crippen molar-refractivity contribution in [2.75, 3.05) is 4.90 Å². The molecule has 2 heteroatoms. The second-order valence-corrected chi connectivity index (χ2v) is 12.6. The molecule has 0 aliphatic rings. The highest BCUT2D eigenvalue weighted by molar-refractivity contribution is 6.24. The molecule has 232 valence electrons. The third-order valence-electron chi connectivity index (χ3n) is 9.82. The van der Waals surface area contributed by atoms with E-state index in [1.807, 2.05) is 0 Å². The van der Waals surface area contributed by atoms with Crippen LogP contribution >= 0.6 is 0 Å². The van der Waals surface area contributed by atoms with E-state index < -0.39 is 0 Å². The van der Waals surface area contributed by atoms with Crippen LogP contribution in [0.5, 0.6) is 0 Å². The molecule has 0 spiro atoms. The van der Waals surface area contributed by atoms with Crippen molar-refractivity contribution < 1.29 is 0 Å². The third kappa shape index (κ3) is 5.06. The lowest BCUT2D eigenvalue weighted by molar-refractivity contribution is 1.01. The maximum absolute atomic E-state index is 2.33. The van der Waals surface area contributed by atoms with Gasteiger partial charge in [-0.25, -0.2) is 0 Å². The largest absolute Gasteiger partial charge is 0.344 e. The molecule has 1 aromatic heterocycles. The van der Waals surface area contributed by atoms with Crippen molar-refractivity contribution in [3.8, 4) is 33.4 Å². The van der Waals surface area contributed by atoms with Crippen LogP contribution in [0.4, 0.5) is 17.1 Å². The maximum atomic E-state index is 2.33. The summed E-state index contributed by atoms with van der Waals surface area (Å²) in [5, 5.41) is 5.20. The van der Waals surface area contributed by atoms with Crippen molar-refractivity contribution in [1.82, 2.24) is 4.57 Å². The van der Waals surface area contributed by atoms with Crippen molar-refractivity contribution in [3.05, 3.63) is 188 Å². The number of aromatic nitrogens is 1. The van der Waals surface area contributed by atoms with Crippen molar-refractivity contribution in [1.29, 1.82) is 0 Å². The fourth-order valence-electron chi connectivity index (χ4n) is 7.36. The minimum atomic E-state index is 1.12. The molecule has 8 aromatic carbocycles. The molecule has 0 N–H and O–H groups in total. The number of fused-ring (bicyclic) bond motifs is 5. The van der Waals surface area contributed by atoms with Gasteiger partial charge in [0.15, 0.2) is 0 Å². The number of hydrogen-bond donors (Lipinski definition) is 0. The van der Waals surface area contributed by atoms with Gasteiger partial charge in [0, 0.05) is 45.9 Å². The number of anilines is 3. The van der Waals surface area contributed by atoms with Crippen LogP contribution in [-0.2, 0) is 7.05 Å². The zero-order valence-corrected chi connectivity index (χ0v) is 27.3. The normalized spacial score (nSPS) is 11.4. The van der Waals surface area contributed by atoms with Crippen molar-refractivity contribution in [2.24, 2.45) is 7.05 Å². The number of rotatable bonds is 6. The Kier molecular flexibility index (Phi) is 7.06. The Labute approximate surface area is 286 Å². The Morgan fingerprint density at radius 3 is 1.49 bits per heavy atom. The lowest BCUT2D eigenvalue weighted by Crippen LogP contribution is -2.09. The van der Waals surface area contributed by atoms with E-state index in [4.69, 9.17) is 0 Å². The number of aryl methyl sites for hydroxylation is 1. The Morgan fingerprint density at radius 2 is 0.837 bits per heavy atom. The average molecular weight is 627 g/mol. The van der Waals surface area contributed by atoms with Crippen LogP contribution in [0.3, 0.4) is 0 Å². The Morgan fingerprint density at radius 1 is 0.347 bits per heavy atom. The summed E-state index contributed by atoms with van der Waals surface area (Å²) < 4.78 is 2.33. The number of benzene rings is 8. The summed E-state index contributed by atoms with van der Waals surface area (Å²) in [6.45, 7) is 0. The molecule has 0 aliphatic heterocycles. The van der Waals surface area contributed by atoms with Gasteiger partial charge in [-0.3, -0.25) is 0 Å². The molecule has 0 atom stereocenters. The highest BCUT2D eigenvalue weighted by Gasteiger charge is 2.16. The molecule has 9 rings (SSSR count). The highest BCUT2D eigenvalue weighted by atomic mass is 15.1. The minimum Gasteiger partial charge on any atom is -0.344 e. The summed E-state index contributed by atoms with van der Waals surface area (Å²) >= 11 is 0. The van der Waals surface area contributed by atoms with Gasteiger partial charge in [-0.05, 0) is 92.7 Å². The Balaban J connectivity index is 1.06. The minimum absolute atomic E-state index is 1.12. The van der Waals surface area contributed by atoms with Gasteiger partial charge in [0.2, 0.25) is 0 Å². The van der Waals surface area contributed by atoms with Crippen molar-refractivity contribution in [2.45, 2.75) is 0 Å². The van der Waals surface area contributed by atoms with Crippen molar-refractivity contribution in [3.63, 3.8) is 0 Å². The van der Waals surface area contributed by atoms with Gasteiger partial charge in [-0.1, -0.05) is 140 Å². The monoisotopic (exact) mass is 626 g/mol. The maximum Gasteiger partial charge on any atom is 0.0495 e. The van der Waals surface area contributed by atoms with Gasteiger partial charge in [-0.2, -0.15) is 0 Å². The predicted octanol–water partition coefficient (Wildman–Crippen LogP) is 13.0. The molecule has 0 saturated carbocycles. The van der Waals surface area contributed by atoms with Gasteiger partial charge in [0.25, 0.3) is 0 Å². The first-order chi connectivity index (χ1) is 24.2. The summed E-state index contributed by atoms with van der Waals surface area (Å²) in [6, 6.07) is 67.8. The molecule has 9 aromatic rings. The van der Waals surface area contributed by atoms with Gasteiger partial charge in [-0.15, -0.1) is 0 Å². The van der Waals surface area contributed by atoms with Crippen LogP contribution < -0.4 is 4.90 Å². The second kappa shape index (κ2) is 12.0. The van der Waals surface area contributed by atoms with Crippen LogP contribution in [0, 0.1) is 0 Å². The summed E-state index contributed by atoms with van der Waals surface area (Å²) in [5.41, 5.74) is 13.2. The molecule has 49 heavy (non-hydrogen) atoms. The molecule has 0 unspecified atom stereocenters. The quantitative estimate of drug-likeness (QED) is 0.178. The van der Waals surface area contributed by atoms with E-state index in [2.05, 4.69) is 205 Å². The lowest BCUT2D eigenvalue weighted by Gasteiger charge is -2.26. The summed E-state index contributed by atoms with van der Waals surface area (Å²) in [7, 11) is 2.18. The van der Waals surface area contributed by atoms with E-state index in [9.17, 15) is 0 Å². The molecule has 2 nitrogen and oxygen atoms in total. The fraction of sp³-hybridized carbons (Fsp3) is 0.0213. The molecular weight excluding hydrogens is 593 g/mol. The number of nitrogens with zero attached hydrogens (tertiary/aromatic N) is 2. The van der Waals surface area contributed by atoms with Crippen LogP contribution in [0.15, 0.2) is 188 Å². The number of hydrogen-bond acceptors (Lipinski definition) is 1. The SMILES string of the molecule is Cn1c2cccc(-c3ccc(-c4ccc(N(c5ccccc5)c5ccc(-c6ccccc6)cc5)cc4)cc3)c2c2c3ccccc3ccc21. The summed E-state index contributed by atoms with van der Waals surface area (Å²) in [6.07, 6.45) is 0. The Bertz CT molecular complexity index is 2560. The zero-order valence-electron chi connectivity index (χ0n) is 27.3. The molecule has 0 radical (unpaired) electrons. The molecule has 0 aliphatic carbocycles. The van der Waals surface area contributed by atoms with E-state index >= 15 is 0 Å². The summed E-state index contributed by atoms with van der Waals surface area (Å²) in [5.74, 6) is 0. The van der Waals surface area contributed by atoms with E-state index in [-0.39, 0.29) is 0 Å². The van der Waals surface area contributed by atoms with E-state index in [1.54, 1.807) is 0 Å². The fourth-order valence-corrected chi connectivity index (χ4v) is 7.36. The van der Waals surface area contributed by atoms with Gasteiger partial charge >= 0.3 is 0 Å². The highest BCUT2D eigenvalue weighted by Crippen LogP contribution is 2.41. The van der Waals surface area contributed by atoms with Crippen LogP contribution in [0.2, 0.25) is 0 Å². The van der Waals surface area contributed by atoms with Crippen LogP contribution in [0.25, 0.3) is 66.0 Å². The van der Waals surface area contributed by atoms with Gasteiger partial charge in [0.05, 0.1) is 0 Å². The molecule has 0 amide bonds. The topological polar surface area (TPSA) is 8.17 Å². The van der Waals surface area contributed by atoms with E-state index in [0.717, 1.165) is 17.1 Å². The first-order valence-electron chi connectivity index (χ1n) is 16.8. The third-order valence-corrected chi connectivity index (χ3v) is 9.82. The summed E-state index contributed by atoms with van der Waals surface area (Å²) in [4.78, 5) is 2.32. The number of para-hydroxylation sites is 1. The molecule has 0 bridgehead atoms. The molecule has 1 heterocycles. The van der Waals surface area contributed by atoms with E-state index in [0.29, 0.717) is 0 Å². The Hall–Kier alpha value is -6.38. The van der Waals surface area contributed by atoms with Crippen molar-refractivity contribution >= 4 is 49.6 Å². The van der Waals surface area contributed by atoms with Gasteiger partial charge < -0.3 is 9.47 Å². The van der Waals surface area contributed by atoms with Gasteiger partial charge in [0.1, 0.15) is 0 Å². The van der Waals surface area contributed by atoms with Crippen LogP contribution in [-0.4, -0.2) is 4.57 Å². The lowest BCUT2D eigenvalue weighted by atomic mass is 9.95. The molecule has 0 fully saturated rings. The predicted molar refractivity (Wildman–Crippen MR) is 209 cm³/mol. The second-order valence-electron chi connectivity index (χ2n) is 12.6. The first kappa shape index (κ1) is 28.8. The molecular formula is C47H34N2. The molecule has 0 saturated heterocycles. The standard InChI is InChI=1S/C47H34N2/c1-48-44-18-10-17-43(46(44)47-42-16-9-8-13-37(42)27-32-45(47)48)38-21-19-34(20-22-38)36-25-30-41(31-26-36)49(39-14-6-3-7-15-39)40-28-23-35(24-29-40)33-11-4-2-5-12-33/h2-32H,1H3. The average Bonchev–Trinajstić information content (AvgIpc) is 3.48. The zero-order chi connectivity index (χ0) is 32.7.